The number of carbonyl (C=O) groups excluding carboxylic acids is 1. The van der Waals surface area contributed by atoms with Gasteiger partial charge in [0.1, 0.15) is 5.70 Å². The lowest BCUT2D eigenvalue weighted by Crippen LogP contribution is -2.24. The molecule has 1 rings (SSSR count). The predicted octanol–water partition coefficient (Wildman–Crippen LogP) is 2.33. The molecule has 0 aliphatic heterocycles. The van der Waals surface area contributed by atoms with Crippen LogP contribution in [0.3, 0.4) is 0 Å². The van der Waals surface area contributed by atoms with Gasteiger partial charge in [0.05, 0.1) is 5.56 Å². The molecule has 0 fully saturated rings. The summed E-state index contributed by atoms with van der Waals surface area (Å²) in [6, 6.07) is 0. The summed E-state index contributed by atoms with van der Waals surface area (Å²) in [4.78, 5) is 21.5. The molecule has 0 spiro atoms. The van der Waals surface area contributed by atoms with Crippen molar-refractivity contribution in [3.63, 3.8) is 0 Å². The van der Waals surface area contributed by atoms with E-state index in [1.165, 1.54) is 0 Å². The summed E-state index contributed by atoms with van der Waals surface area (Å²) in [5.74, 6) is -2.18. The van der Waals surface area contributed by atoms with Crippen molar-refractivity contribution in [3.05, 3.63) is 27.6 Å². The van der Waals surface area contributed by atoms with E-state index in [1.54, 1.807) is 0 Å². The number of alkyl halides is 3. The lowest BCUT2D eigenvalue weighted by Gasteiger charge is -2.07. The largest absolute Gasteiger partial charge is 0.477 e. The molecule has 0 aliphatic carbocycles. The molecule has 4 nitrogen and oxygen atoms in total. The Hall–Kier alpha value is -1.83. The van der Waals surface area contributed by atoms with Gasteiger partial charge < -0.3 is 10.4 Å². The van der Waals surface area contributed by atoms with Crippen molar-refractivity contribution in [3.8, 4) is 0 Å². The molecule has 0 aromatic carbocycles. The highest BCUT2D eigenvalue weighted by molar-refractivity contribution is 7.08. The Morgan fingerprint density at radius 2 is 2.00 bits per heavy atom. The fraction of sp³-hybridized carbons (Fsp3) is 0.200. The summed E-state index contributed by atoms with van der Waals surface area (Å²) in [5, 5.41) is 12.7. The van der Waals surface area contributed by atoms with Crippen LogP contribution in [0.2, 0.25) is 0 Å². The minimum atomic E-state index is -4.56. The van der Waals surface area contributed by atoms with Gasteiger partial charge in [-0.25, -0.2) is 4.79 Å². The van der Waals surface area contributed by atoms with Crippen LogP contribution in [-0.2, 0) is 15.8 Å². The summed E-state index contributed by atoms with van der Waals surface area (Å²) in [6.45, 7) is 1.06. The molecule has 1 aromatic heterocycles. The van der Waals surface area contributed by atoms with Gasteiger partial charge in [-0.05, 0) is 17.0 Å². The molecule has 98 valence electrons. The molecule has 0 unspecified atom stereocenters. The number of rotatable bonds is 3. The average Bonchev–Trinajstić information content (AvgIpc) is 2.63. The van der Waals surface area contributed by atoms with Crippen molar-refractivity contribution in [2.75, 3.05) is 0 Å². The average molecular weight is 279 g/mol. The number of carboxylic acids is 1. The molecule has 0 aliphatic rings. The van der Waals surface area contributed by atoms with E-state index in [1.807, 2.05) is 5.32 Å². The lowest BCUT2D eigenvalue weighted by molar-refractivity contribution is -0.137. The zero-order valence-corrected chi connectivity index (χ0v) is 9.85. The van der Waals surface area contributed by atoms with Crippen LogP contribution in [0.25, 0.3) is 6.08 Å². The maximum atomic E-state index is 12.5. The predicted molar refractivity (Wildman–Crippen MR) is 58.8 cm³/mol. The van der Waals surface area contributed by atoms with Gasteiger partial charge in [0.15, 0.2) is 0 Å². The van der Waals surface area contributed by atoms with Gasteiger partial charge in [0, 0.05) is 12.3 Å². The number of carbonyl (C=O) groups is 2. The Labute approximate surface area is 104 Å². The maximum Gasteiger partial charge on any atom is 0.417 e. The van der Waals surface area contributed by atoms with Crippen LogP contribution in [0, 0.1) is 0 Å². The minimum absolute atomic E-state index is 0.293. The summed E-state index contributed by atoms with van der Waals surface area (Å²) < 4.78 is 37.6. The van der Waals surface area contributed by atoms with Crippen molar-refractivity contribution in [1.29, 1.82) is 0 Å². The van der Waals surface area contributed by atoms with Gasteiger partial charge >= 0.3 is 12.1 Å². The fourth-order valence-corrected chi connectivity index (χ4v) is 1.96. The van der Waals surface area contributed by atoms with Crippen LogP contribution in [0.1, 0.15) is 18.1 Å². The third kappa shape index (κ3) is 3.59. The molecule has 0 saturated carbocycles. The number of nitrogens with one attached hydrogen (secondary N) is 1. The van der Waals surface area contributed by atoms with Crippen LogP contribution < -0.4 is 5.32 Å². The Morgan fingerprint density at radius 1 is 1.39 bits per heavy atom. The zero-order valence-electron chi connectivity index (χ0n) is 9.04. The van der Waals surface area contributed by atoms with Crippen molar-refractivity contribution >= 4 is 29.3 Å². The van der Waals surface area contributed by atoms with Crippen LogP contribution in [-0.4, -0.2) is 17.0 Å². The molecule has 0 bridgehead atoms. The van der Waals surface area contributed by atoms with Gasteiger partial charge in [-0.15, -0.1) is 0 Å². The minimum Gasteiger partial charge on any atom is -0.477 e. The van der Waals surface area contributed by atoms with E-state index in [0.29, 0.717) is 0 Å². The summed E-state index contributed by atoms with van der Waals surface area (Å²) >= 11 is 0.795. The number of thiophene rings is 1. The Kier molecular flexibility index (Phi) is 4.12. The molecule has 1 heterocycles. The maximum absolute atomic E-state index is 12.5. The molecule has 1 aromatic rings. The monoisotopic (exact) mass is 279 g/mol. The van der Waals surface area contributed by atoms with Crippen LogP contribution >= 0.6 is 11.3 Å². The van der Waals surface area contributed by atoms with Crippen LogP contribution in [0.5, 0.6) is 0 Å². The Morgan fingerprint density at radius 3 is 2.44 bits per heavy atom. The molecule has 0 atom stereocenters. The molecule has 1 amide bonds. The fourth-order valence-electron chi connectivity index (χ4n) is 1.15. The lowest BCUT2D eigenvalue weighted by atomic mass is 10.1. The number of hydrogen-bond acceptors (Lipinski definition) is 3. The summed E-state index contributed by atoms with van der Waals surface area (Å²) in [6.07, 6.45) is -3.78. The SMILES string of the molecule is CC(=O)N/C(=C/c1cscc1C(F)(F)F)C(=O)O. The second kappa shape index (κ2) is 5.21. The first-order valence-electron chi connectivity index (χ1n) is 4.57. The first kappa shape index (κ1) is 14.2. The highest BCUT2D eigenvalue weighted by atomic mass is 32.1. The van der Waals surface area contributed by atoms with Crippen molar-refractivity contribution in [1.82, 2.24) is 5.32 Å². The third-order valence-electron chi connectivity index (χ3n) is 1.84. The first-order valence-corrected chi connectivity index (χ1v) is 5.52. The third-order valence-corrected chi connectivity index (χ3v) is 2.60. The second-order valence-corrected chi connectivity index (χ2v) is 4.03. The number of aliphatic carboxylic acids is 1. The number of amides is 1. The van der Waals surface area contributed by atoms with E-state index in [9.17, 15) is 22.8 Å². The van der Waals surface area contributed by atoms with Gasteiger partial charge in [-0.3, -0.25) is 4.79 Å². The van der Waals surface area contributed by atoms with Crippen molar-refractivity contribution in [2.45, 2.75) is 13.1 Å². The number of halogens is 3. The summed E-state index contributed by atoms with van der Waals surface area (Å²) in [7, 11) is 0. The van der Waals surface area contributed by atoms with Crippen LogP contribution in [0.4, 0.5) is 13.2 Å². The van der Waals surface area contributed by atoms with Gasteiger partial charge in [0.2, 0.25) is 5.91 Å². The molecule has 0 radical (unpaired) electrons. The van der Waals surface area contributed by atoms with E-state index in [2.05, 4.69) is 0 Å². The van der Waals surface area contributed by atoms with Crippen LogP contribution in [0.15, 0.2) is 16.5 Å². The molecule has 8 heteroatoms. The topological polar surface area (TPSA) is 66.4 Å². The standard InChI is InChI=1S/C10H8F3NO3S/c1-5(15)14-8(9(16)17)2-6-3-18-4-7(6)10(11,12)13/h2-4H,1H3,(H,14,15)(H,16,17)/b8-2+. The van der Waals surface area contributed by atoms with E-state index >= 15 is 0 Å². The Balaban J connectivity index is 3.17. The highest BCUT2D eigenvalue weighted by Crippen LogP contribution is 2.35. The molecular formula is C10H8F3NO3S. The smallest absolute Gasteiger partial charge is 0.417 e. The molecular weight excluding hydrogens is 271 g/mol. The number of carboxylic acid groups (broad SMARTS) is 1. The van der Waals surface area contributed by atoms with Crippen molar-refractivity contribution in [2.24, 2.45) is 0 Å². The van der Waals surface area contributed by atoms with Gasteiger partial charge in [-0.1, -0.05) is 0 Å². The van der Waals surface area contributed by atoms with Crippen molar-refractivity contribution < 1.29 is 27.9 Å². The quantitative estimate of drug-likeness (QED) is 0.834. The molecule has 18 heavy (non-hydrogen) atoms. The Bertz CT molecular complexity index is 505. The van der Waals surface area contributed by atoms with E-state index in [-0.39, 0.29) is 5.56 Å². The summed E-state index contributed by atoms with van der Waals surface area (Å²) in [5.41, 5.74) is -1.83. The molecule has 2 N–H and O–H groups in total. The zero-order chi connectivity index (χ0) is 13.9. The van der Waals surface area contributed by atoms with Gasteiger partial charge in [-0.2, -0.15) is 24.5 Å². The van der Waals surface area contributed by atoms with E-state index in [4.69, 9.17) is 5.11 Å². The second-order valence-electron chi connectivity index (χ2n) is 3.28. The van der Waals surface area contributed by atoms with Gasteiger partial charge in [0.25, 0.3) is 0 Å². The van der Waals surface area contributed by atoms with E-state index < -0.39 is 29.3 Å². The normalized spacial score (nSPS) is 12.3. The highest BCUT2D eigenvalue weighted by Gasteiger charge is 2.33. The van der Waals surface area contributed by atoms with E-state index in [0.717, 1.165) is 35.1 Å². The number of hydrogen-bond donors (Lipinski definition) is 2. The first-order chi connectivity index (χ1) is 8.21. The molecule has 0 saturated heterocycles.